The minimum atomic E-state index is -0.587. The zero-order valence-corrected chi connectivity index (χ0v) is 8.75. The molecule has 0 saturated carbocycles. The van der Waals surface area contributed by atoms with E-state index in [-0.39, 0.29) is 24.0 Å². The van der Waals surface area contributed by atoms with Gasteiger partial charge in [0.05, 0.1) is 12.2 Å². The maximum absolute atomic E-state index is 11.1. The van der Waals surface area contributed by atoms with E-state index in [2.05, 4.69) is 0 Å². The van der Waals surface area contributed by atoms with E-state index in [1.807, 2.05) is 13.8 Å². The van der Waals surface area contributed by atoms with Crippen molar-refractivity contribution in [1.82, 2.24) is 4.90 Å². The van der Waals surface area contributed by atoms with Crippen LogP contribution in [0.3, 0.4) is 0 Å². The summed E-state index contributed by atoms with van der Waals surface area (Å²) in [5, 5.41) is 0. The van der Waals surface area contributed by atoms with Crippen LogP contribution in [0.2, 0.25) is 0 Å². The van der Waals surface area contributed by atoms with Crippen LogP contribution in [-0.2, 0) is 14.3 Å². The fourth-order valence-electron chi connectivity index (χ4n) is 1.02. The molecular formula is C8H14ClNO3. The highest BCUT2D eigenvalue weighted by molar-refractivity contribution is 6.27. The molecule has 1 saturated heterocycles. The van der Waals surface area contributed by atoms with Gasteiger partial charge in [0.2, 0.25) is 12.3 Å². The number of alkyl halides is 1. The largest absolute Gasteiger partial charge is 0.329 e. The third kappa shape index (κ3) is 2.33. The van der Waals surface area contributed by atoms with E-state index in [0.29, 0.717) is 0 Å². The van der Waals surface area contributed by atoms with Gasteiger partial charge in [-0.15, -0.1) is 11.6 Å². The van der Waals surface area contributed by atoms with Crippen LogP contribution in [0.5, 0.6) is 0 Å². The first-order valence-corrected chi connectivity index (χ1v) is 4.72. The number of hydrogen-bond acceptors (Lipinski definition) is 3. The molecule has 5 heteroatoms. The molecule has 4 nitrogen and oxygen atoms in total. The van der Waals surface area contributed by atoms with Crippen molar-refractivity contribution in [2.45, 2.75) is 32.5 Å². The third-order valence-corrected chi connectivity index (χ3v) is 2.38. The molecule has 1 rings (SSSR count). The molecule has 13 heavy (non-hydrogen) atoms. The van der Waals surface area contributed by atoms with Gasteiger partial charge in [0.25, 0.3) is 0 Å². The molecule has 1 heterocycles. The Morgan fingerprint density at radius 3 is 2.23 bits per heavy atom. The van der Waals surface area contributed by atoms with E-state index in [1.54, 1.807) is 7.05 Å². The SMILES string of the molecule is CC1OC(N(C)C(=O)CCl)OC1C. The highest BCUT2D eigenvalue weighted by Gasteiger charge is 2.33. The molecule has 1 fully saturated rings. The fourth-order valence-corrected chi connectivity index (χ4v) is 1.20. The molecule has 0 N–H and O–H groups in total. The molecule has 0 spiro atoms. The molecule has 76 valence electrons. The van der Waals surface area contributed by atoms with Crippen molar-refractivity contribution < 1.29 is 14.3 Å². The Labute approximate surface area is 82.7 Å². The summed E-state index contributed by atoms with van der Waals surface area (Å²) in [7, 11) is 1.61. The van der Waals surface area contributed by atoms with Gasteiger partial charge in [0.15, 0.2) is 0 Å². The van der Waals surface area contributed by atoms with Gasteiger partial charge >= 0.3 is 0 Å². The van der Waals surface area contributed by atoms with E-state index in [0.717, 1.165) is 0 Å². The van der Waals surface area contributed by atoms with Gasteiger partial charge in [0, 0.05) is 7.05 Å². The number of halogens is 1. The molecule has 0 aromatic heterocycles. The Balaban J connectivity index is 2.50. The van der Waals surface area contributed by atoms with Gasteiger partial charge in [-0.05, 0) is 13.8 Å². The molecule has 2 unspecified atom stereocenters. The minimum absolute atomic E-state index is 0.00979. The van der Waals surface area contributed by atoms with E-state index in [4.69, 9.17) is 21.1 Å². The zero-order chi connectivity index (χ0) is 10.0. The van der Waals surface area contributed by atoms with Crippen LogP contribution < -0.4 is 0 Å². The Morgan fingerprint density at radius 1 is 1.38 bits per heavy atom. The summed E-state index contributed by atoms with van der Waals surface area (Å²) in [5.41, 5.74) is 0. The third-order valence-electron chi connectivity index (χ3n) is 2.15. The standard InChI is InChI=1S/C8H14ClNO3/c1-5-6(2)13-8(12-5)10(3)7(11)4-9/h5-6,8H,4H2,1-3H3. The number of carbonyl (C=O) groups is 1. The minimum Gasteiger partial charge on any atom is -0.329 e. The smallest absolute Gasteiger partial charge is 0.243 e. The van der Waals surface area contributed by atoms with Crippen molar-refractivity contribution in [3.05, 3.63) is 0 Å². The van der Waals surface area contributed by atoms with Crippen molar-refractivity contribution >= 4 is 17.5 Å². The normalized spacial score (nSPS) is 33.4. The van der Waals surface area contributed by atoms with Crippen molar-refractivity contribution in [1.29, 1.82) is 0 Å². The molecule has 0 radical (unpaired) electrons. The molecular weight excluding hydrogens is 194 g/mol. The highest BCUT2D eigenvalue weighted by atomic mass is 35.5. The lowest BCUT2D eigenvalue weighted by Gasteiger charge is -2.21. The van der Waals surface area contributed by atoms with E-state index >= 15 is 0 Å². The lowest BCUT2D eigenvalue weighted by Crippen LogP contribution is -2.38. The predicted molar refractivity (Wildman–Crippen MR) is 48.4 cm³/mol. The summed E-state index contributed by atoms with van der Waals surface area (Å²) in [6, 6.07) is 0. The van der Waals surface area contributed by atoms with Crippen LogP contribution in [0.15, 0.2) is 0 Å². The molecule has 1 aliphatic heterocycles. The van der Waals surface area contributed by atoms with Gasteiger partial charge in [-0.25, -0.2) is 0 Å². The van der Waals surface area contributed by atoms with Crippen LogP contribution in [0, 0.1) is 0 Å². The van der Waals surface area contributed by atoms with Crippen molar-refractivity contribution in [3.8, 4) is 0 Å². The molecule has 0 aromatic carbocycles. The Morgan fingerprint density at radius 2 is 1.85 bits per heavy atom. The van der Waals surface area contributed by atoms with Gasteiger partial charge < -0.3 is 9.47 Å². The summed E-state index contributed by atoms with van der Waals surface area (Å²) >= 11 is 5.40. The van der Waals surface area contributed by atoms with Crippen molar-refractivity contribution in [2.24, 2.45) is 0 Å². The summed E-state index contributed by atoms with van der Waals surface area (Å²) in [6.45, 7) is 3.81. The first kappa shape index (κ1) is 10.8. The number of ether oxygens (including phenoxy) is 2. The van der Waals surface area contributed by atoms with Crippen LogP contribution >= 0.6 is 11.6 Å². The van der Waals surface area contributed by atoms with E-state index in [1.165, 1.54) is 4.90 Å². The molecule has 1 aliphatic rings. The molecule has 2 atom stereocenters. The Bertz CT molecular complexity index is 190. The highest BCUT2D eigenvalue weighted by Crippen LogP contribution is 2.20. The summed E-state index contributed by atoms with van der Waals surface area (Å²) in [4.78, 5) is 12.5. The van der Waals surface area contributed by atoms with Gasteiger partial charge in [-0.3, -0.25) is 9.69 Å². The lowest BCUT2D eigenvalue weighted by molar-refractivity contribution is -0.174. The number of rotatable bonds is 2. The monoisotopic (exact) mass is 207 g/mol. The molecule has 0 bridgehead atoms. The summed E-state index contributed by atoms with van der Waals surface area (Å²) < 4.78 is 10.8. The number of nitrogens with zero attached hydrogens (tertiary/aromatic N) is 1. The zero-order valence-electron chi connectivity index (χ0n) is 7.99. The quantitative estimate of drug-likeness (QED) is 0.629. The fraction of sp³-hybridized carbons (Fsp3) is 0.875. The average molecular weight is 208 g/mol. The van der Waals surface area contributed by atoms with Gasteiger partial charge in [0.1, 0.15) is 5.88 Å². The van der Waals surface area contributed by atoms with E-state index < -0.39 is 6.41 Å². The summed E-state index contributed by atoms with van der Waals surface area (Å²) in [6.07, 6.45) is -0.567. The Kier molecular flexibility index (Phi) is 3.53. The predicted octanol–water partition coefficient (Wildman–Crippen LogP) is 0.791. The second-order valence-electron chi connectivity index (χ2n) is 3.13. The van der Waals surface area contributed by atoms with Crippen molar-refractivity contribution in [2.75, 3.05) is 12.9 Å². The van der Waals surface area contributed by atoms with Crippen LogP contribution in [0.1, 0.15) is 13.8 Å². The van der Waals surface area contributed by atoms with Crippen LogP contribution in [0.4, 0.5) is 0 Å². The number of carbonyl (C=O) groups excluding carboxylic acids is 1. The topological polar surface area (TPSA) is 38.8 Å². The average Bonchev–Trinajstić information content (AvgIpc) is 2.44. The maximum Gasteiger partial charge on any atom is 0.243 e. The van der Waals surface area contributed by atoms with E-state index in [9.17, 15) is 4.79 Å². The first-order chi connectivity index (χ1) is 6.06. The lowest BCUT2D eigenvalue weighted by atomic mass is 10.3. The molecule has 0 aliphatic carbocycles. The maximum atomic E-state index is 11.1. The van der Waals surface area contributed by atoms with Gasteiger partial charge in [-0.2, -0.15) is 0 Å². The first-order valence-electron chi connectivity index (χ1n) is 4.18. The second-order valence-corrected chi connectivity index (χ2v) is 3.39. The number of amides is 1. The molecule has 1 amide bonds. The van der Waals surface area contributed by atoms with Gasteiger partial charge in [-0.1, -0.05) is 0 Å². The van der Waals surface area contributed by atoms with Crippen LogP contribution in [-0.4, -0.2) is 42.4 Å². The van der Waals surface area contributed by atoms with Crippen molar-refractivity contribution in [3.63, 3.8) is 0 Å². The van der Waals surface area contributed by atoms with Crippen LogP contribution in [0.25, 0.3) is 0 Å². The second kappa shape index (κ2) is 4.26. The number of hydrogen-bond donors (Lipinski definition) is 0. The molecule has 0 aromatic rings. The Hall–Kier alpha value is -0.320. The summed E-state index contributed by atoms with van der Waals surface area (Å²) in [5.74, 6) is -0.254.